The highest BCUT2D eigenvalue weighted by Crippen LogP contribution is 2.28. The smallest absolute Gasteiger partial charge is 0.196 e. The molecule has 0 bridgehead atoms. The molecule has 1 heterocycles. The molecule has 0 amide bonds. The lowest BCUT2D eigenvalue weighted by molar-refractivity contribution is 0.103. The first-order valence-corrected chi connectivity index (χ1v) is 7.32. The van der Waals surface area contributed by atoms with E-state index >= 15 is 0 Å². The van der Waals surface area contributed by atoms with E-state index in [2.05, 4.69) is 5.32 Å². The molecule has 3 rings (SSSR count). The van der Waals surface area contributed by atoms with Gasteiger partial charge in [0.05, 0.1) is 12.7 Å². The van der Waals surface area contributed by atoms with Crippen molar-refractivity contribution in [3.05, 3.63) is 58.1 Å². The van der Waals surface area contributed by atoms with Crippen molar-refractivity contribution in [2.24, 2.45) is 0 Å². The molecule has 0 aromatic heterocycles. The van der Waals surface area contributed by atoms with Crippen molar-refractivity contribution in [3.8, 4) is 5.75 Å². The van der Waals surface area contributed by atoms with E-state index in [-0.39, 0.29) is 5.78 Å². The van der Waals surface area contributed by atoms with Crippen molar-refractivity contribution < 1.29 is 9.53 Å². The fourth-order valence-electron chi connectivity index (χ4n) is 2.63. The number of halogens is 1. The molecule has 0 atom stereocenters. The SMILES string of the molecule is COc1ccc(Cl)cc1C(=O)c1ccc2c(c1)CCCN2. The maximum absolute atomic E-state index is 12.7. The summed E-state index contributed by atoms with van der Waals surface area (Å²) >= 11 is 6.00. The van der Waals surface area contributed by atoms with Gasteiger partial charge in [-0.15, -0.1) is 0 Å². The van der Waals surface area contributed by atoms with Crippen LogP contribution in [0.25, 0.3) is 0 Å². The minimum Gasteiger partial charge on any atom is -0.496 e. The van der Waals surface area contributed by atoms with Gasteiger partial charge in [0, 0.05) is 22.8 Å². The number of benzene rings is 2. The van der Waals surface area contributed by atoms with Crippen molar-refractivity contribution >= 4 is 23.1 Å². The maximum Gasteiger partial charge on any atom is 0.196 e. The average Bonchev–Trinajstić information content (AvgIpc) is 2.53. The molecular formula is C17H16ClNO2. The van der Waals surface area contributed by atoms with Gasteiger partial charge in [0.15, 0.2) is 5.78 Å². The molecule has 0 aliphatic carbocycles. The molecule has 0 saturated carbocycles. The summed E-state index contributed by atoms with van der Waals surface area (Å²) < 4.78 is 5.26. The summed E-state index contributed by atoms with van der Waals surface area (Å²) in [6, 6.07) is 10.9. The number of carbonyl (C=O) groups excluding carboxylic acids is 1. The Bertz CT molecular complexity index is 697. The molecule has 2 aromatic rings. The Morgan fingerprint density at radius 2 is 2.10 bits per heavy atom. The lowest BCUT2D eigenvalue weighted by Gasteiger charge is -2.18. The van der Waals surface area contributed by atoms with Gasteiger partial charge in [-0.3, -0.25) is 4.79 Å². The van der Waals surface area contributed by atoms with Gasteiger partial charge in [-0.1, -0.05) is 11.6 Å². The molecule has 0 fully saturated rings. The van der Waals surface area contributed by atoms with Crippen LogP contribution < -0.4 is 10.1 Å². The van der Waals surface area contributed by atoms with Crippen LogP contribution in [0.15, 0.2) is 36.4 Å². The van der Waals surface area contributed by atoms with Gasteiger partial charge in [0.2, 0.25) is 0 Å². The summed E-state index contributed by atoms with van der Waals surface area (Å²) in [6.45, 7) is 0.989. The number of ketones is 1. The van der Waals surface area contributed by atoms with Gasteiger partial charge in [-0.2, -0.15) is 0 Å². The Labute approximate surface area is 128 Å². The zero-order valence-electron chi connectivity index (χ0n) is 11.8. The van der Waals surface area contributed by atoms with Crippen molar-refractivity contribution in [1.82, 2.24) is 0 Å². The number of fused-ring (bicyclic) bond motifs is 1. The van der Waals surface area contributed by atoms with Gasteiger partial charge in [-0.25, -0.2) is 0 Å². The Hall–Kier alpha value is -2.00. The molecule has 21 heavy (non-hydrogen) atoms. The fourth-order valence-corrected chi connectivity index (χ4v) is 2.80. The van der Waals surface area contributed by atoms with Gasteiger partial charge >= 0.3 is 0 Å². The molecule has 1 aliphatic rings. The third-order valence-electron chi connectivity index (χ3n) is 3.71. The van der Waals surface area contributed by atoms with Gasteiger partial charge in [0.1, 0.15) is 5.75 Å². The summed E-state index contributed by atoms with van der Waals surface area (Å²) in [5.41, 5.74) is 3.47. The number of anilines is 1. The van der Waals surface area contributed by atoms with Gasteiger partial charge in [-0.05, 0) is 54.8 Å². The monoisotopic (exact) mass is 301 g/mol. The molecule has 1 N–H and O–H groups in total. The molecule has 0 unspecified atom stereocenters. The third-order valence-corrected chi connectivity index (χ3v) is 3.95. The molecular weight excluding hydrogens is 286 g/mol. The summed E-state index contributed by atoms with van der Waals surface area (Å²) in [7, 11) is 1.55. The zero-order chi connectivity index (χ0) is 14.8. The van der Waals surface area contributed by atoms with Crippen LogP contribution >= 0.6 is 11.6 Å². The molecule has 2 aromatic carbocycles. The van der Waals surface area contributed by atoms with E-state index in [1.54, 1.807) is 25.3 Å². The highest BCUT2D eigenvalue weighted by Gasteiger charge is 2.17. The molecule has 3 nitrogen and oxygen atoms in total. The zero-order valence-corrected chi connectivity index (χ0v) is 12.5. The summed E-state index contributed by atoms with van der Waals surface area (Å²) in [5, 5.41) is 3.87. The molecule has 1 aliphatic heterocycles. The minimum absolute atomic E-state index is 0.0669. The predicted molar refractivity (Wildman–Crippen MR) is 84.7 cm³/mol. The molecule has 0 spiro atoms. The van der Waals surface area contributed by atoms with Crippen LogP contribution in [-0.2, 0) is 6.42 Å². The second-order valence-corrected chi connectivity index (χ2v) is 5.51. The number of aryl methyl sites for hydroxylation is 1. The van der Waals surface area contributed by atoms with Crippen molar-refractivity contribution in [2.45, 2.75) is 12.8 Å². The van der Waals surface area contributed by atoms with E-state index in [0.717, 1.165) is 25.1 Å². The summed E-state index contributed by atoms with van der Waals surface area (Å²) in [4.78, 5) is 12.7. The fraction of sp³-hybridized carbons (Fsp3) is 0.235. The Kier molecular flexibility index (Phi) is 3.84. The van der Waals surface area contributed by atoms with E-state index in [4.69, 9.17) is 16.3 Å². The summed E-state index contributed by atoms with van der Waals surface area (Å²) in [5.74, 6) is 0.475. The standard InChI is InChI=1S/C17H16ClNO2/c1-21-16-7-5-13(18)10-14(16)17(20)12-4-6-15-11(9-12)3-2-8-19-15/h4-7,9-10,19H,2-3,8H2,1H3. The first kappa shape index (κ1) is 14.0. The average molecular weight is 302 g/mol. The van der Waals surface area contributed by atoms with E-state index in [0.29, 0.717) is 21.9 Å². The topological polar surface area (TPSA) is 38.3 Å². The second-order valence-electron chi connectivity index (χ2n) is 5.08. The van der Waals surface area contributed by atoms with Gasteiger partial charge < -0.3 is 10.1 Å². The van der Waals surface area contributed by atoms with E-state index < -0.39 is 0 Å². The number of carbonyl (C=O) groups is 1. The molecule has 0 radical (unpaired) electrons. The lowest BCUT2D eigenvalue weighted by Crippen LogP contribution is -2.13. The number of nitrogens with one attached hydrogen (secondary N) is 1. The van der Waals surface area contributed by atoms with E-state index in [9.17, 15) is 4.79 Å². The minimum atomic E-state index is -0.0669. The largest absolute Gasteiger partial charge is 0.496 e. The number of methoxy groups -OCH3 is 1. The Morgan fingerprint density at radius 1 is 1.24 bits per heavy atom. The first-order chi connectivity index (χ1) is 10.2. The van der Waals surface area contributed by atoms with Crippen LogP contribution in [0, 0.1) is 0 Å². The number of ether oxygens (including phenoxy) is 1. The molecule has 4 heteroatoms. The summed E-state index contributed by atoms with van der Waals surface area (Å²) in [6.07, 6.45) is 2.08. The quantitative estimate of drug-likeness (QED) is 0.873. The van der Waals surface area contributed by atoms with Crippen LogP contribution in [0.3, 0.4) is 0 Å². The Morgan fingerprint density at radius 3 is 2.90 bits per heavy atom. The van der Waals surface area contributed by atoms with Crippen LogP contribution in [0.1, 0.15) is 27.9 Å². The Balaban J connectivity index is 2.00. The van der Waals surface area contributed by atoms with Crippen molar-refractivity contribution in [2.75, 3.05) is 19.0 Å². The van der Waals surface area contributed by atoms with E-state index in [1.807, 2.05) is 18.2 Å². The number of hydrogen-bond acceptors (Lipinski definition) is 3. The second kappa shape index (κ2) is 5.78. The van der Waals surface area contributed by atoms with Crippen molar-refractivity contribution in [3.63, 3.8) is 0 Å². The normalized spacial score (nSPS) is 13.2. The third kappa shape index (κ3) is 2.74. The number of hydrogen-bond donors (Lipinski definition) is 1. The molecule has 0 saturated heterocycles. The van der Waals surface area contributed by atoms with Crippen LogP contribution in [-0.4, -0.2) is 19.4 Å². The lowest BCUT2D eigenvalue weighted by atomic mass is 9.96. The predicted octanol–water partition coefficient (Wildman–Crippen LogP) is 3.94. The maximum atomic E-state index is 12.7. The molecule has 108 valence electrons. The van der Waals surface area contributed by atoms with Gasteiger partial charge in [0.25, 0.3) is 0 Å². The van der Waals surface area contributed by atoms with Crippen molar-refractivity contribution in [1.29, 1.82) is 0 Å². The van der Waals surface area contributed by atoms with Crippen LogP contribution in [0.4, 0.5) is 5.69 Å². The number of rotatable bonds is 3. The van der Waals surface area contributed by atoms with Crippen LogP contribution in [0.5, 0.6) is 5.75 Å². The van der Waals surface area contributed by atoms with E-state index in [1.165, 1.54) is 5.56 Å². The van der Waals surface area contributed by atoms with Crippen LogP contribution in [0.2, 0.25) is 5.02 Å². The highest BCUT2D eigenvalue weighted by atomic mass is 35.5. The highest BCUT2D eigenvalue weighted by molar-refractivity contribution is 6.31. The first-order valence-electron chi connectivity index (χ1n) is 6.94.